The summed E-state index contributed by atoms with van der Waals surface area (Å²) in [5.41, 5.74) is 0. The third-order valence-corrected chi connectivity index (χ3v) is 3.44. The van der Waals surface area contributed by atoms with Crippen molar-refractivity contribution in [3.63, 3.8) is 0 Å². The van der Waals surface area contributed by atoms with Crippen LogP contribution in [0.4, 0.5) is 0 Å². The van der Waals surface area contributed by atoms with Crippen molar-refractivity contribution in [2.75, 3.05) is 0 Å². The van der Waals surface area contributed by atoms with Gasteiger partial charge in [-0.15, -0.1) is 0 Å². The molecule has 0 spiro atoms. The molecule has 0 saturated heterocycles. The summed E-state index contributed by atoms with van der Waals surface area (Å²) in [4.78, 5) is 0. The van der Waals surface area contributed by atoms with Crippen molar-refractivity contribution in [2.45, 2.75) is 36.3 Å². The molecular weight excluding hydrogens is 311 g/mol. The fraction of sp³-hybridized carbons (Fsp3) is 1.00. The fourth-order valence-corrected chi connectivity index (χ4v) is 2.63. The van der Waals surface area contributed by atoms with E-state index in [2.05, 4.69) is 3.82 Å². The van der Waals surface area contributed by atoms with E-state index in [1.807, 2.05) is 0 Å². The van der Waals surface area contributed by atoms with Crippen LogP contribution in [0.1, 0.15) is 0 Å². The van der Waals surface area contributed by atoms with Gasteiger partial charge in [0.2, 0.25) is 0 Å². The first kappa shape index (κ1) is 14.9. The van der Waals surface area contributed by atoms with Crippen molar-refractivity contribution in [1.29, 1.82) is 0 Å². The molecule has 2 unspecified atom stereocenters. The van der Waals surface area contributed by atoms with Crippen LogP contribution >= 0.6 is 0 Å². The molecule has 1 aliphatic carbocycles. The predicted octanol–water partition coefficient (Wildman–Crippen LogP) is -5.20. The quantitative estimate of drug-likeness (QED) is 0.191. The van der Waals surface area contributed by atoms with E-state index in [4.69, 9.17) is 9.30 Å². The number of aliphatic hydroxyl groups excluding tert-OH is 5. The maximum absolute atomic E-state index is 10.5. The number of aliphatic hydroxyl groups is 6. The van der Waals surface area contributed by atoms with Gasteiger partial charge >= 0.3 is 96.0 Å². The molecular formula is C6H12O10Se. The molecule has 6 atom stereocenters. The van der Waals surface area contributed by atoms with Gasteiger partial charge in [0.05, 0.1) is 0 Å². The first-order chi connectivity index (χ1) is 7.50. The zero-order valence-corrected chi connectivity index (χ0v) is 9.86. The van der Waals surface area contributed by atoms with Gasteiger partial charge in [0.1, 0.15) is 0 Å². The van der Waals surface area contributed by atoms with Crippen molar-refractivity contribution >= 4 is 13.4 Å². The third kappa shape index (κ3) is 2.63. The van der Waals surface area contributed by atoms with Crippen LogP contribution in [0.5, 0.6) is 0 Å². The van der Waals surface area contributed by atoms with E-state index in [-0.39, 0.29) is 0 Å². The number of hydrogen-bond donors (Lipinski definition) is 7. The summed E-state index contributed by atoms with van der Waals surface area (Å²) in [6.45, 7) is 0. The SMILES string of the molecule is O=[Se](=O)(O)OC1(O)[C@H](O)[C@H](O)C(O)[C@H](O)[C@H]1O. The molecule has 17 heavy (non-hydrogen) atoms. The average Bonchev–Trinajstić information content (AvgIpc) is 2.19. The molecule has 10 nitrogen and oxygen atoms in total. The van der Waals surface area contributed by atoms with E-state index in [1.54, 1.807) is 0 Å². The average molecular weight is 323 g/mol. The molecule has 0 aromatic rings. The fourth-order valence-electron chi connectivity index (χ4n) is 1.51. The molecule has 1 saturated carbocycles. The van der Waals surface area contributed by atoms with Gasteiger partial charge in [-0.25, -0.2) is 0 Å². The topological polar surface area (TPSA) is 185 Å². The van der Waals surface area contributed by atoms with Crippen LogP contribution in [0.2, 0.25) is 0 Å². The Balaban J connectivity index is 3.12. The third-order valence-electron chi connectivity index (χ3n) is 2.43. The van der Waals surface area contributed by atoms with E-state index in [1.165, 1.54) is 0 Å². The predicted molar refractivity (Wildman–Crippen MR) is 45.4 cm³/mol. The normalized spacial score (nSPS) is 48.1. The van der Waals surface area contributed by atoms with Gasteiger partial charge in [-0.2, -0.15) is 0 Å². The second-order valence-electron chi connectivity index (χ2n) is 3.62. The maximum atomic E-state index is 10.5. The summed E-state index contributed by atoms with van der Waals surface area (Å²) in [6.07, 6.45) is -11.3. The zero-order valence-electron chi connectivity index (χ0n) is 8.15. The van der Waals surface area contributed by atoms with E-state index < -0.39 is 49.7 Å². The van der Waals surface area contributed by atoms with Crippen LogP contribution in [0.25, 0.3) is 0 Å². The van der Waals surface area contributed by atoms with Gasteiger partial charge in [-0.1, -0.05) is 0 Å². The van der Waals surface area contributed by atoms with Gasteiger partial charge < -0.3 is 0 Å². The van der Waals surface area contributed by atoms with E-state index in [0.717, 1.165) is 0 Å². The minimum atomic E-state index is -6.03. The summed E-state index contributed by atoms with van der Waals surface area (Å²) in [5, 5.41) is 55.6. The molecule has 0 heterocycles. The van der Waals surface area contributed by atoms with Gasteiger partial charge in [-0.05, 0) is 0 Å². The Morgan fingerprint density at radius 3 is 1.53 bits per heavy atom. The van der Waals surface area contributed by atoms with Crippen LogP contribution in [-0.4, -0.2) is 84.5 Å². The zero-order chi connectivity index (χ0) is 13.6. The van der Waals surface area contributed by atoms with Crippen molar-refractivity contribution in [1.82, 2.24) is 0 Å². The summed E-state index contributed by atoms with van der Waals surface area (Å²) >= 11 is -6.03. The molecule has 0 radical (unpaired) electrons. The number of rotatable bonds is 2. The molecule has 7 N–H and O–H groups in total. The monoisotopic (exact) mass is 324 g/mol. The van der Waals surface area contributed by atoms with E-state index >= 15 is 0 Å². The molecule has 0 amide bonds. The van der Waals surface area contributed by atoms with Crippen LogP contribution in [-0.2, 0) is 11.5 Å². The Hall–Kier alpha value is -0.201. The summed E-state index contributed by atoms with van der Waals surface area (Å²) in [7, 11) is 0. The van der Waals surface area contributed by atoms with Crippen LogP contribution < -0.4 is 0 Å². The Labute approximate surface area is 96.6 Å². The van der Waals surface area contributed by atoms with E-state index in [0.29, 0.717) is 0 Å². The molecule has 0 aromatic heterocycles. The molecule has 0 aromatic carbocycles. The Morgan fingerprint density at radius 2 is 1.24 bits per heavy atom. The Morgan fingerprint density at radius 1 is 0.882 bits per heavy atom. The van der Waals surface area contributed by atoms with Gasteiger partial charge in [0.15, 0.2) is 0 Å². The van der Waals surface area contributed by atoms with Crippen LogP contribution in [0.3, 0.4) is 0 Å². The van der Waals surface area contributed by atoms with Gasteiger partial charge in [-0.3, -0.25) is 0 Å². The summed E-state index contributed by atoms with van der Waals surface area (Å²) < 4.78 is 33.1. The second kappa shape index (κ2) is 4.48. The molecule has 1 rings (SSSR count). The Kier molecular flexibility index (Phi) is 3.91. The molecule has 102 valence electrons. The van der Waals surface area contributed by atoms with Gasteiger partial charge in [0, 0.05) is 0 Å². The molecule has 0 bridgehead atoms. The summed E-state index contributed by atoms with van der Waals surface area (Å²) in [5.74, 6) is -3.35. The molecule has 11 heteroatoms. The number of hydrogen-bond acceptors (Lipinski definition) is 9. The van der Waals surface area contributed by atoms with Crippen molar-refractivity contribution in [3.8, 4) is 0 Å². The second-order valence-corrected chi connectivity index (χ2v) is 5.77. The first-order valence-electron chi connectivity index (χ1n) is 4.31. The first-order valence-corrected chi connectivity index (χ1v) is 7.18. The summed E-state index contributed by atoms with van der Waals surface area (Å²) in [6, 6.07) is 0. The minimum absolute atomic E-state index is 2.03. The van der Waals surface area contributed by atoms with E-state index in [9.17, 15) is 33.2 Å². The van der Waals surface area contributed by atoms with Crippen molar-refractivity contribution in [3.05, 3.63) is 0 Å². The molecule has 0 aliphatic heterocycles. The van der Waals surface area contributed by atoms with Crippen LogP contribution in [0, 0.1) is 0 Å². The van der Waals surface area contributed by atoms with Crippen molar-refractivity contribution in [2.24, 2.45) is 0 Å². The Bertz CT molecular complexity index is 362. The van der Waals surface area contributed by atoms with Crippen LogP contribution in [0.15, 0.2) is 0 Å². The van der Waals surface area contributed by atoms with Crippen molar-refractivity contribution < 1.29 is 46.3 Å². The molecule has 1 aliphatic rings. The molecule has 1 fully saturated rings. The standard InChI is InChI=1S/C6H12O10Se/c7-1-2(8)4(10)6(12,5(11)3(1)9)16-17(13,14)15/h1-5,7-12H,(H,13,14,15)/t1?,2-,3+,4-,5-,6?/m1/s1. The van der Waals surface area contributed by atoms with Gasteiger partial charge in [0.25, 0.3) is 0 Å².